The van der Waals surface area contributed by atoms with E-state index in [9.17, 15) is 4.79 Å². The quantitative estimate of drug-likeness (QED) is 0.731. The lowest BCUT2D eigenvalue weighted by Crippen LogP contribution is -2.28. The molecule has 1 amide bonds. The fourth-order valence-electron chi connectivity index (χ4n) is 2.60. The van der Waals surface area contributed by atoms with Crippen molar-refractivity contribution in [1.82, 2.24) is 30.3 Å². The molecule has 2 aromatic heterocycles. The number of carbonyl (C=O) groups excluding carboxylic acids is 1. The van der Waals surface area contributed by atoms with Crippen molar-refractivity contribution in [2.24, 2.45) is 0 Å². The first-order chi connectivity index (χ1) is 12.6. The van der Waals surface area contributed by atoms with Crippen LogP contribution in [0.3, 0.4) is 0 Å². The average Bonchev–Trinajstić information content (AvgIpc) is 3.17. The first-order valence-corrected chi connectivity index (χ1v) is 8.29. The lowest BCUT2D eigenvalue weighted by atomic mass is 10.1. The third-order valence-corrected chi connectivity index (χ3v) is 3.95. The van der Waals surface area contributed by atoms with E-state index in [-0.39, 0.29) is 11.9 Å². The van der Waals surface area contributed by atoms with Crippen LogP contribution in [0, 0.1) is 0 Å². The van der Waals surface area contributed by atoms with Gasteiger partial charge >= 0.3 is 0 Å². The molecule has 0 saturated carbocycles. The summed E-state index contributed by atoms with van der Waals surface area (Å²) in [6.07, 6.45) is 1.49. The number of ether oxygens (including phenoxy) is 1. The molecule has 0 aliphatic carbocycles. The van der Waals surface area contributed by atoms with Crippen molar-refractivity contribution >= 4 is 5.91 Å². The summed E-state index contributed by atoms with van der Waals surface area (Å²) in [5.74, 6) is 0.973. The SMILES string of the molecule is CCn1ncnc1C(C)NC(=O)c1cccc(-c2ccc(OC)nn2)c1. The topological polar surface area (TPSA) is 94.8 Å². The highest BCUT2D eigenvalue weighted by molar-refractivity contribution is 5.95. The molecular formula is C18H20N6O2. The van der Waals surface area contributed by atoms with Crippen molar-refractivity contribution in [2.75, 3.05) is 7.11 Å². The molecule has 0 bridgehead atoms. The van der Waals surface area contributed by atoms with Crippen molar-refractivity contribution in [3.8, 4) is 17.1 Å². The second-order valence-electron chi connectivity index (χ2n) is 5.67. The van der Waals surface area contributed by atoms with Crippen LogP contribution < -0.4 is 10.1 Å². The van der Waals surface area contributed by atoms with Gasteiger partial charge in [0.1, 0.15) is 12.2 Å². The van der Waals surface area contributed by atoms with Crippen LogP contribution in [0.5, 0.6) is 5.88 Å². The highest BCUT2D eigenvalue weighted by Crippen LogP contribution is 2.19. The van der Waals surface area contributed by atoms with Gasteiger partial charge < -0.3 is 10.1 Å². The molecule has 3 aromatic rings. The minimum absolute atomic E-state index is 0.188. The number of hydrogen-bond acceptors (Lipinski definition) is 6. The molecular weight excluding hydrogens is 332 g/mol. The largest absolute Gasteiger partial charge is 0.480 e. The molecule has 134 valence electrons. The van der Waals surface area contributed by atoms with Crippen LogP contribution in [-0.4, -0.2) is 38.0 Å². The molecule has 0 spiro atoms. The molecule has 1 aromatic carbocycles. The zero-order chi connectivity index (χ0) is 18.5. The maximum Gasteiger partial charge on any atom is 0.251 e. The van der Waals surface area contributed by atoms with Gasteiger partial charge in [-0.25, -0.2) is 9.67 Å². The first-order valence-electron chi connectivity index (χ1n) is 8.29. The van der Waals surface area contributed by atoms with Gasteiger partial charge in [0.05, 0.1) is 18.8 Å². The number of rotatable bonds is 6. The summed E-state index contributed by atoms with van der Waals surface area (Å²) in [4.78, 5) is 16.8. The summed E-state index contributed by atoms with van der Waals surface area (Å²) in [6, 6.07) is 10.5. The van der Waals surface area contributed by atoms with Gasteiger partial charge in [-0.1, -0.05) is 12.1 Å². The van der Waals surface area contributed by atoms with E-state index in [0.717, 1.165) is 11.4 Å². The number of carbonyl (C=O) groups is 1. The third-order valence-electron chi connectivity index (χ3n) is 3.95. The van der Waals surface area contributed by atoms with E-state index in [1.165, 1.54) is 13.4 Å². The number of aromatic nitrogens is 5. The Hall–Kier alpha value is -3.29. The number of amides is 1. The van der Waals surface area contributed by atoms with E-state index in [4.69, 9.17) is 4.74 Å². The summed E-state index contributed by atoms with van der Waals surface area (Å²) >= 11 is 0. The molecule has 2 heterocycles. The highest BCUT2D eigenvalue weighted by Gasteiger charge is 2.16. The second-order valence-corrected chi connectivity index (χ2v) is 5.67. The molecule has 0 saturated heterocycles. The molecule has 26 heavy (non-hydrogen) atoms. The Morgan fingerprint density at radius 2 is 2.12 bits per heavy atom. The molecule has 1 atom stereocenters. The van der Waals surface area contributed by atoms with Crippen LogP contribution in [-0.2, 0) is 6.54 Å². The summed E-state index contributed by atoms with van der Waals surface area (Å²) in [6.45, 7) is 4.56. The van der Waals surface area contributed by atoms with Crippen molar-refractivity contribution in [1.29, 1.82) is 0 Å². The number of benzene rings is 1. The standard InChI is InChI=1S/C18H20N6O2/c1-4-24-17(19-11-20-24)12(2)21-18(25)14-7-5-6-13(10-14)15-8-9-16(26-3)23-22-15/h5-12H,4H2,1-3H3,(H,21,25). The Balaban J connectivity index is 1.77. The van der Waals surface area contributed by atoms with Gasteiger partial charge in [0.15, 0.2) is 0 Å². The molecule has 8 nitrogen and oxygen atoms in total. The summed E-state index contributed by atoms with van der Waals surface area (Å²) in [5.41, 5.74) is 2.01. The van der Waals surface area contributed by atoms with E-state index in [1.807, 2.05) is 26.0 Å². The molecule has 3 rings (SSSR count). The van der Waals surface area contributed by atoms with Crippen molar-refractivity contribution in [3.63, 3.8) is 0 Å². The Kier molecular flexibility index (Phi) is 5.21. The van der Waals surface area contributed by atoms with Gasteiger partial charge in [-0.15, -0.1) is 10.2 Å². The van der Waals surface area contributed by atoms with Gasteiger partial charge in [-0.2, -0.15) is 5.10 Å². The Morgan fingerprint density at radius 1 is 1.27 bits per heavy atom. The van der Waals surface area contributed by atoms with E-state index < -0.39 is 0 Å². The molecule has 8 heteroatoms. The fourth-order valence-corrected chi connectivity index (χ4v) is 2.60. The Bertz CT molecular complexity index is 891. The molecule has 0 radical (unpaired) electrons. The Morgan fingerprint density at radius 3 is 2.81 bits per heavy atom. The van der Waals surface area contributed by atoms with Gasteiger partial charge in [-0.3, -0.25) is 4.79 Å². The smallest absolute Gasteiger partial charge is 0.251 e. The summed E-state index contributed by atoms with van der Waals surface area (Å²) < 4.78 is 6.77. The summed E-state index contributed by atoms with van der Waals surface area (Å²) in [7, 11) is 1.54. The monoisotopic (exact) mass is 352 g/mol. The van der Waals surface area contributed by atoms with Crippen LogP contribution in [0.4, 0.5) is 0 Å². The molecule has 1 N–H and O–H groups in total. The van der Waals surface area contributed by atoms with E-state index in [1.54, 1.807) is 28.9 Å². The Labute approximate surface area is 151 Å². The van der Waals surface area contributed by atoms with Crippen molar-refractivity contribution in [2.45, 2.75) is 26.4 Å². The number of nitrogens with zero attached hydrogens (tertiary/aromatic N) is 5. The van der Waals surface area contributed by atoms with E-state index in [0.29, 0.717) is 23.7 Å². The molecule has 0 aliphatic rings. The predicted octanol–water partition coefficient (Wildman–Crippen LogP) is 2.25. The van der Waals surface area contributed by atoms with Crippen LogP contribution in [0.15, 0.2) is 42.7 Å². The maximum atomic E-state index is 12.6. The summed E-state index contributed by atoms with van der Waals surface area (Å²) in [5, 5.41) is 15.2. The van der Waals surface area contributed by atoms with Crippen molar-refractivity contribution in [3.05, 3.63) is 54.1 Å². The molecule has 0 fully saturated rings. The molecule has 1 unspecified atom stereocenters. The number of nitrogens with one attached hydrogen (secondary N) is 1. The average molecular weight is 352 g/mol. The minimum atomic E-state index is -0.255. The zero-order valence-corrected chi connectivity index (χ0v) is 14.9. The lowest BCUT2D eigenvalue weighted by molar-refractivity contribution is 0.0937. The minimum Gasteiger partial charge on any atom is -0.480 e. The molecule has 0 aliphatic heterocycles. The zero-order valence-electron chi connectivity index (χ0n) is 14.9. The van der Waals surface area contributed by atoms with Crippen LogP contribution in [0.2, 0.25) is 0 Å². The first kappa shape index (κ1) is 17.5. The predicted molar refractivity (Wildman–Crippen MR) is 95.6 cm³/mol. The van der Waals surface area contributed by atoms with Crippen molar-refractivity contribution < 1.29 is 9.53 Å². The van der Waals surface area contributed by atoms with Gasteiger partial charge in [-0.05, 0) is 32.0 Å². The van der Waals surface area contributed by atoms with Crippen LogP contribution in [0.25, 0.3) is 11.3 Å². The second kappa shape index (κ2) is 7.73. The normalized spacial score (nSPS) is 11.8. The number of hydrogen-bond donors (Lipinski definition) is 1. The highest BCUT2D eigenvalue weighted by atomic mass is 16.5. The van der Waals surface area contributed by atoms with Gasteiger partial charge in [0, 0.05) is 23.7 Å². The van der Waals surface area contributed by atoms with Gasteiger partial charge in [0.2, 0.25) is 5.88 Å². The number of aryl methyl sites for hydroxylation is 1. The lowest BCUT2D eigenvalue weighted by Gasteiger charge is -2.14. The van der Waals surface area contributed by atoms with Crippen LogP contribution in [0.1, 0.15) is 36.1 Å². The third kappa shape index (κ3) is 3.69. The number of methoxy groups -OCH3 is 1. The van der Waals surface area contributed by atoms with E-state index in [2.05, 4.69) is 25.6 Å². The van der Waals surface area contributed by atoms with Gasteiger partial charge in [0.25, 0.3) is 5.91 Å². The maximum absolute atomic E-state index is 12.6. The fraction of sp³-hybridized carbons (Fsp3) is 0.278. The van der Waals surface area contributed by atoms with Crippen LogP contribution >= 0.6 is 0 Å². The van der Waals surface area contributed by atoms with E-state index >= 15 is 0 Å².